The SMILES string of the molecule is O=C(/C=C/c1ccc(-c2ccc([N+](=O)[O-])cc2)o1)Nc1ccc(NC(=O)/C=C/c2ccc([N+](=O)[O-])cc2)c(C(=O)c2ccccc2)c1. The third kappa shape index (κ3) is 8.16. The number of non-ortho nitro benzene ring substituents is 2. The summed E-state index contributed by atoms with van der Waals surface area (Å²) >= 11 is 0. The quantitative estimate of drug-likeness (QED) is 0.0663. The summed E-state index contributed by atoms with van der Waals surface area (Å²) in [5.41, 5.74) is 2.08. The molecule has 0 saturated heterocycles. The van der Waals surface area contributed by atoms with Gasteiger partial charge in [-0.15, -0.1) is 0 Å². The van der Waals surface area contributed by atoms with E-state index >= 15 is 0 Å². The van der Waals surface area contributed by atoms with E-state index in [1.54, 1.807) is 54.6 Å². The number of anilines is 2. The molecule has 232 valence electrons. The first kappa shape index (κ1) is 31.5. The lowest BCUT2D eigenvalue weighted by Crippen LogP contribution is -2.14. The van der Waals surface area contributed by atoms with Crippen molar-refractivity contribution in [3.05, 3.63) is 164 Å². The van der Waals surface area contributed by atoms with E-state index in [0.29, 0.717) is 33.9 Å². The molecule has 47 heavy (non-hydrogen) atoms. The van der Waals surface area contributed by atoms with Gasteiger partial charge in [0.05, 0.1) is 15.5 Å². The van der Waals surface area contributed by atoms with E-state index in [9.17, 15) is 34.6 Å². The zero-order valence-corrected chi connectivity index (χ0v) is 24.4. The first-order chi connectivity index (χ1) is 22.7. The van der Waals surface area contributed by atoms with Crippen molar-refractivity contribution in [2.24, 2.45) is 0 Å². The Hall–Kier alpha value is -6.95. The largest absolute Gasteiger partial charge is 0.457 e. The van der Waals surface area contributed by atoms with Gasteiger partial charge in [0.2, 0.25) is 11.8 Å². The summed E-state index contributed by atoms with van der Waals surface area (Å²) in [6.45, 7) is 0. The lowest BCUT2D eigenvalue weighted by molar-refractivity contribution is -0.385. The average molecular weight is 629 g/mol. The molecule has 4 aromatic carbocycles. The van der Waals surface area contributed by atoms with Gasteiger partial charge < -0.3 is 15.1 Å². The van der Waals surface area contributed by atoms with Crippen molar-refractivity contribution >= 4 is 52.5 Å². The lowest BCUT2D eigenvalue weighted by Gasteiger charge is -2.12. The Morgan fingerprint density at radius 3 is 1.94 bits per heavy atom. The van der Waals surface area contributed by atoms with Crippen molar-refractivity contribution < 1.29 is 28.6 Å². The second kappa shape index (κ2) is 14.2. The number of ketones is 1. The van der Waals surface area contributed by atoms with Gasteiger partial charge in [-0.25, -0.2) is 0 Å². The highest BCUT2D eigenvalue weighted by molar-refractivity contribution is 6.16. The number of nitrogens with one attached hydrogen (secondary N) is 2. The number of amides is 2. The van der Waals surface area contributed by atoms with Gasteiger partial charge in [-0.3, -0.25) is 34.6 Å². The molecule has 2 amide bonds. The van der Waals surface area contributed by atoms with Gasteiger partial charge in [-0.05, 0) is 72.3 Å². The number of nitro groups is 2. The molecule has 0 atom stereocenters. The number of carbonyl (C=O) groups is 3. The molecular weight excluding hydrogens is 604 g/mol. The number of rotatable bonds is 11. The van der Waals surface area contributed by atoms with Gasteiger partial charge in [0.25, 0.3) is 11.4 Å². The van der Waals surface area contributed by atoms with Gasteiger partial charge in [-0.2, -0.15) is 0 Å². The monoisotopic (exact) mass is 628 g/mol. The maximum absolute atomic E-state index is 13.4. The molecular formula is C35H24N4O8. The molecule has 2 N–H and O–H groups in total. The fourth-order valence-electron chi connectivity index (χ4n) is 4.40. The summed E-state index contributed by atoms with van der Waals surface area (Å²) in [6.07, 6.45) is 5.41. The molecule has 0 radical (unpaired) electrons. The van der Waals surface area contributed by atoms with Crippen LogP contribution in [0.4, 0.5) is 22.7 Å². The van der Waals surface area contributed by atoms with Gasteiger partial charge in [0, 0.05) is 58.8 Å². The maximum atomic E-state index is 13.4. The van der Waals surface area contributed by atoms with E-state index in [-0.39, 0.29) is 28.4 Å². The van der Waals surface area contributed by atoms with Crippen LogP contribution in [0.25, 0.3) is 23.5 Å². The molecule has 0 aliphatic rings. The van der Waals surface area contributed by atoms with Gasteiger partial charge in [0.15, 0.2) is 5.78 Å². The topological polar surface area (TPSA) is 175 Å². The van der Waals surface area contributed by atoms with Crippen molar-refractivity contribution in [2.75, 3.05) is 10.6 Å². The van der Waals surface area contributed by atoms with Crippen molar-refractivity contribution in [3.8, 4) is 11.3 Å². The molecule has 0 bridgehead atoms. The predicted molar refractivity (Wildman–Crippen MR) is 176 cm³/mol. The maximum Gasteiger partial charge on any atom is 0.269 e. The first-order valence-electron chi connectivity index (χ1n) is 14.0. The van der Waals surface area contributed by atoms with Crippen molar-refractivity contribution in [2.45, 2.75) is 0 Å². The van der Waals surface area contributed by atoms with Crippen LogP contribution in [-0.4, -0.2) is 27.4 Å². The molecule has 5 rings (SSSR count). The molecule has 0 saturated carbocycles. The van der Waals surface area contributed by atoms with E-state index in [4.69, 9.17) is 4.42 Å². The fraction of sp³-hybridized carbons (Fsp3) is 0. The van der Waals surface area contributed by atoms with E-state index in [2.05, 4.69) is 10.6 Å². The summed E-state index contributed by atoms with van der Waals surface area (Å²) in [6, 6.07) is 27.7. The number of hydrogen-bond donors (Lipinski definition) is 2. The molecule has 0 aliphatic heterocycles. The summed E-state index contributed by atoms with van der Waals surface area (Å²) < 4.78 is 5.73. The van der Waals surface area contributed by atoms with Crippen LogP contribution >= 0.6 is 0 Å². The summed E-state index contributed by atoms with van der Waals surface area (Å²) in [7, 11) is 0. The minimum absolute atomic E-state index is 0.0438. The lowest BCUT2D eigenvalue weighted by atomic mass is 10.0. The Morgan fingerprint density at radius 1 is 0.660 bits per heavy atom. The molecule has 1 heterocycles. The molecule has 5 aromatic rings. The van der Waals surface area contributed by atoms with Crippen molar-refractivity contribution in [3.63, 3.8) is 0 Å². The van der Waals surface area contributed by atoms with Crippen molar-refractivity contribution in [1.82, 2.24) is 0 Å². The van der Waals surface area contributed by atoms with E-state index in [1.807, 2.05) is 0 Å². The summed E-state index contributed by atoms with van der Waals surface area (Å²) in [4.78, 5) is 59.7. The number of nitro benzene ring substituents is 2. The molecule has 0 aliphatic carbocycles. The van der Waals surface area contributed by atoms with Gasteiger partial charge in [0.1, 0.15) is 11.5 Å². The highest BCUT2D eigenvalue weighted by atomic mass is 16.6. The van der Waals surface area contributed by atoms with Crippen molar-refractivity contribution in [1.29, 1.82) is 0 Å². The Labute approximate surface area is 267 Å². The van der Waals surface area contributed by atoms with Crippen LogP contribution in [0.2, 0.25) is 0 Å². The third-order valence-corrected chi connectivity index (χ3v) is 6.75. The Balaban J connectivity index is 1.30. The zero-order valence-electron chi connectivity index (χ0n) is 24.4. The average Bonchev–Trinajstić information content (AvgIpc) is 3.56. The molecule has 12 nitrogen and oxygen atoms in total. The second-order valence-corrected chi connectivity index (χ2v) is 9.96. The van der Waals surface area contributed by atoms with Crippen LogP contribution in [0.1, 0.15) is 27.2 Å². The van der Waals surface area contributed by atoms with E-state index < -0.39 is 21.7 Å². The van der Waals surface area contributed by atoms with Crippen LogP contribution in [0.3, 0.4) is 0 Å². The van der Waals surface area contributed by atoms with Crippen LogP contribution in [0.5, 0.6) is 0 Å². The van der Waals surface area contributed by atoms with Crippen LogP contribution in [0, 0.1) is 20.2 Å². The summed E-state index contributed by atoms with van der Waals surface area (Å²) in [5.74, 6) is -0.616. The van der Waals surface area contributed by atoms with Gasteiger partial charge in [-0.1, -0.05) is 30.3 Å². The first-order valence-corrected chi connectivity index (χ1v) is 14.0. The minimum atomic E-state index is -0.545. The number of hydrogen-bond acceptors (Lipinski definition) is 8. The second-order valence-electron chi connectivity index (χ2n) is 9.96. The number of benzene rings is 4. The highest BCUT2D eigenvalue weighted by Gasteiger charge is 2.17. The predicted octanol–water partition coefficient (Wildman–Crippen LogP) is 7.30. The van der Waals surface area contributed by atoms with Crippen LogP contribution in [0.15, 0.2) is 126 Å². The smallest absolute Gasteiger partial charge is 0.269 e. The van der Waals surface area contributed by atoms with Gasteiger partial charge >= 0.3 is 0 Å². The van der Waals surface area contributed by atoms with Crippen LogP contribution < -0.4 is 10.6 Å². The normalized spacial score (nSPS) is 11.0. The molecule has 12 heteroatoms. The molecule has 0 unspecified atom stereocenters. The fourth-order valence-corrected chi connectivity index (χ4v) is 4.40. The Morgan fingerprint density at radius 2 is 1.28 bits per heavy atom. The minimum Gasteiger partial charge on any atom is -0.457 e. The highest BCUT2D eigenvalue weighted by Crippen LogP contribution is 2.26. The number of furan rings is 1. The Kier molecular flexibility index (Phi) is 9.52. The molecule has 0 fully saturated rings. The third-order valence-electron chi connectivity index (χ3n) is 6.75. The number of carbonyl (C=O) groups excluding carboxylic acids is 3. The zero-order chi connectivity index (χ0) is 33.3. The van der Waals surface area contributed by atoms with Crippen LogP contribution in [-0.2, 0) is 9.59 Å². The van der Waals surface area contributed by atoms with E-state index in [1.165, 1.54) is 78.9 Å². The Bertz CT molecular complexity index is 2030. The number of nitrogens with zero attached hydrogens (tertiary/aromatic N) is 2. The molecule has 0 spiro atoms. The van der Waals surface area contributed by atoms with E-state index in [0.717, 1.165) is 0 Å². The molecule has 1 aromatic heterocycles. The summed E-state index contributed by atoms with van der Waals surface area (Å²) in [5, 5.41) is 27.1. The standard InChI is InChI=1S/C35H24N4O8/c40-33(21-17-29-16-19-32(47-29)24-9-14-28(15-10-24)39(45)46)36-26-11-18-31(30(22-26)35(42)25-4-2-1-3-5-25)37-34(41)20-8-23-6-12-27(13-7-23)38(43)44/h1-22H,(H,36,40)(H,37,41)/b20-8+,21-17+.